The van der Waals surface area contributed by atoms with Crippen molar-refractivity contribution in [2.24, 2.45) is 0 Å². The van der Waals surface area contributed by atoms with E-state index in [1.807, 2.05) is 0 Å². The lowest BCUT2D eigenvalue weighted by molar-refractivity contribution is 0.0694. The highest BCUT2D eigenvalue weighted by atomic mass is 16.4. The molecule has 0 bridgehead atoms. The predicted octanol–water partition coefficient (Wildman–Crippen LogP) is 0.801. The molecule has 1 aliphatic heterocycles. The first kappa shape index (κ1) is 8.99. The van der Waals surface area contributed by atoms with Crippen LogP contribution in [0.3, 0.4) is 0 Å². The Bertz CT molecular complexity index is 459. The average Bonchev–Trinajstić information content (AvgIpc) is 2.51. The Kier molecular flexibility index (Phi) is 1.91. The van der Waals surface area contributed by atoms with Crippen molar-refractivity contribution in [1.29, 1.82) is 0 Å². The summed E-state index contributed by atoms with van der Waals surface area (Å²) >= 11 is 0. The number of aromatic nitrogens is 1. The minimum absolute atomic E-state index is 0.0833. The standard InChI is InChI=1S/C10H11NO3/c1-6-5-8(12)11-4-2-3-7(11)9(6)10(13)14/h5H,2-4H2,1H3,(H,13,14). The van der Waals surface area contributed by atoms with Crippen LogP contribution < -0.4 is 5.56 Å². The van der Waals surface area contributed by atoms with Gasteiger partial charge in [-0.2, -0.15) is 0 Å². The normalized spacial score (nSPS) is 14.1. The van der Waals surface area contributed by atoms with E-state index in [0.717, 1.165) is 6.42 Å². The number of aromatic carboxylic acids is 1. The van der Waals surface area contributed by atoms with Crippen LogP contribution in [0.1, 0.15) is 28.0 Å². The van der Waals surface area contributed by atoms with Crippen LogP contribution in [-0.2, 0) is 13.0 Å². The van der Waals surface area contributed by atoms with Crippen LogP contribution in [0.25, 0.3) is 0 Å². The predicted molar refractivity (Wildman–Crippen MR) is 50.7 cm³/mol. The average molecular weight is 193 g/mol. The fourth-order valence-corrected chi connectivity index (χ4v) is 2.03. The van der Waals surface area contributed by atoms with Gasteiger partial charge in [-0.1, -0.05) is 0 Å². The zero-order valence-corrected chi connectivity index (χ0v) is 7.91. The highest BCUT2D eigenvalue weighted by Crippen LogP contribution is 2.19. The first-order chi connectivity index (χ1) is 6.61. The Morgan fingerprint density at radius 3 is 2.93 bits per heavy atom. The molecule has 1 N–H and O–H groups in total. The summed E-state index contributed by atoms with van der Waals surface area (Å²) in [6.45, 7) is 2.32. The molecule has 0 radical (unpaired) electrons. The van der Waals surface area contributed by atoms with Crippen LogP contribution in [-0.4, -0.2) is 15.6 Å². The Morgan fingerprint density at radius 1 is 1.57 bits per heavy atom. The van der Waals surface area contributed by atoms with Gasteiger partial charge in [0.15, 0.2) is 0 Å². The minimum atomic E-state index is -0.937. The van der Waals surface area contributed by atoms with Crippen molar-refractivity contribution in [2.75, 3.05) is 0 Å². The molecular weight excluding hydrogens is 182 g/mol. The molecule has 0 aromatic carbocycles. The minimum Gasteiger partial charge on any atom is -0.478 e. The number of hydrogen-bond acceptors (Lipinski definition) is 2. The zero-order valence-electron chi connectivity index (χ0n) is 7.91. The molecule has 0 amide bonds. The second kappa shape index (κ2) is 2.97. The van der Waals surface area contributed by atoms with Gasteiger partial charge in [-0.3, -0.25) is 4.79 Å². The first-order valence-corrected chi connectivity index (χ1v) is 4.58. The lowest BCUT2D eigenvalue weighted by atomic mass is 10.1. The van der Waals surface area contributed by atoms with Crippen molar-refractivity contribution < 1.29 is 9.90 Å². The summed E-state index contributed by atoms with van der Waals surface area (Å²) in [5.74, 6) is -0.937. The van der Waals surface area contributed by atoms with Crippen molar-refractivity contribution in [1.82, 2.24) is 4.57 Å². The topological polar surface area (TPSA) is 59.3 Å². The van der Waals surface area contributed by atoms with Crippen molar-refractivity contribution >= 4 is 5.97 Å². The molecule has 0 saturated heterocycles. The highest BCUT2D eigenvalue weighted by molar-refractivity contribution is 5.90. The van der Waals surface area contributed by atoms with E-state index < -0.39 is 5.97 Å². The lowest BCUT2D eigenvalue weighted by Crippen LogP contribution is -2.22. The third kappa shape index (κ3) is 1.14. The molecule has 0 atom stereocenters. The maximum atomic E-state index is 11.5. The molecule has 0 spiro atoms. The van der Waals surface area contributed by atoms with E-state index in [0.29, 0.717) is 29.8 Å². The molecule has 4 nitrogen and oxygen atoms in total. The van der Waals surface area contributed by atoms with Crippen LogP contribution in [0.4, 0.5) is 0 Å². The van der Waals surface area contributed by atoms with E-state index in [1.165, 1.54) is 6.07 Å². The quantitative estimate of drug-likeness (QED) is 0.717. The number of carbonyl (C=O) groups is 1. The molecule has 2 rings (SSSR count). The van der Waals surface area contributed by atoms with Gasteiger partial charge in [-0.15, -0.1) is 0 Å². The van der Waals surface area contributed by atoms with E-state index in [-0.39, 0.29) is 5.56 Å². The van der Waals surface area contributed by atoms with Gasteiger partial charge in [-0.05, 0) is 25.3 Å². The number of nitrogens with zero attached hydrogens (tertiary/aromatic N) is 1. The van der Waals surface area contributed by atoms with Gasteiger partial charge in [0.05, 0.1) is 5.56 Å². The summed E-state index contributed by atoms with van der Waals surface area (Å²) in [6, 6.07) is 1.40. The van der Waals surface area contributed by atoms with Crippen LogP contribution in [0.2, 0.25) is 0 Å². The van der Waals surface area contributed by atoms with Crippen molar-refractivity contribution in [3.8, 4) is 0 Å². The zero-order chi connectivity index (χ0) is 10.3. The van der Waals surface area contributed by atoms with Crippen molar-refractivity contribution in [3.63, 3.8) is 0 Å². The second-order valence-corrected chi connectivity index (χ2v) is 3.55. The van der Waals surface area contributed by atoms with Crippen LogP contribution in [0, 0.1) is 6.92 Å². The number of hydrogen-bond donors (Lipinski definition) is 1. The number of carboxylic acid groups (broad SMARTS) is 1. The Hall–Kier alpha value is -1.58. The van der Waals surface area contributed by atoms with E-state index in [1.54, 1.807) is 11.5 Å². The highest BCUT2D eigenvalue weighted by Gasteiger charge is 2.21. The number of carboxylic acids is 1. The van der Waals surface area contributed by atoms with Crippen LogP contribution >= 0.6 is 0 Å². The summed E-state index contributed by atoms with van der Waals surface area (Å²) in [5, 5.41) is 9.01. The molecule has 0 unspecified atom stereocenters. The molecule has 14 heavy (non-hydrogen) atoms. The number of fused-ring (bicyclic) bond motifs is 1. The van der Waals surface area contributed by atoms with Gasteiger partial charge in [0.1, 0.15) is 0 Å². The summed E-state index contributed by atoms with van der Waals surface area (Å²) in [5.41, 5.74) is 1.47. The molecule has 4 heteroatoms. The lowest BCUT2D eigenvalue weighted by Gasteiger charge is -2.08. The Balaban J connectivity index is 2.78. The fraction of sp³-hybridized carbons (Fsp3) is 0.400. The summed E-state index contributed by atoms with van der Waals surface area (Å²) in [6.07, 6.45) is 1.55. The summed E-state index contributed by atoms with van der Waals surface area (Å²) < 4.78 is 1.57. The van der Waals surface area contributed by atoms with Crippen molar-refractivity contribution in [3.05, 3.63) is 33.2 Å². The maximum Gasteiger partial charge on any atom is 0.337 e. The van der Waals surface area contributed by atoms with Gasteiger partial charge in [0.25, 0.3) is 5.56 Å². The first-order valence-electron chi connectivity index (χ1n) is 4.58. The van der Waals surface area contributed by atoms with Gasteiger partial charge in [-0.25, -0.2) is 4.79 Å². The van der Waals surface area contributed by atoms with Gasteiger partial charge >= 0.3 is 5.97 Å². The smallest absolute Gasteiger partial charge is 0.337 e. The molecule has 74 valence electrons. The maximum absolute atomic E-state index is 11.5. The fourth-order valence-electron chi connectivity index (χ4n) is 2.03. The van der Waals surface area contributed by atoms with Crippen LogP contribution in [0.5, 0.6) is 0 Å². The van der Waals surface area contributed by atoms with E-state index >= 15 is 0 Å². The number of pyridine rings is 1. The number of aryl methyl sites for hydroxylation is 1. The molecule has 0 aliphatic carbocycles. The molecule has 0 saturated carbocycles. The largest absolute Gasteiger partial charge is 0.478 e. The van der Waals surface area contributed by atoms with Gasteiger partial charge < -0.3 is 9.67 Å². The van der Waals surface area contributed by atoms with E-state index in [9.17, 15) is 9.59 Å². The molecule has 0 fully saturated rings. The SMILES string of the molecule is Cc1cc(=O)n2c(c1C(=O)O)CCC2. The van der Waals surface area contributed by atoms with Gasteiger partial charge in [0.2, 0.25) is 0 Å². The third-order valence-electron chi connectivity index (χ3n) is 2.62. The molecule has 2 heterocycles. The summed E-state index contributed by atoms with van der Waals surface area (Å²) in [4.78, 5) is 22.5. The summed E-state index contributed by atoms with van der Waals surface area (Å²) in [7, 11) is 0. The molecule has 1 aromatic heterocycles. The molecular formula is C10H11NO3. The van der Waals surface area contributed by atoms with Crippen LogP contribution in [0.15, 0.2) is 10.9 Å². The molecule has 1 aromatic rings. The van der Waals surface area contributed by atoms with E-state index in [4.69, 9.17) is 5.11 Å². The Morgan fingerprint density at radius 2 is 2.29 bits per heavy atom. The molecule has 1 aliphatic rings. The van der Waals surface area contributed by atoms with Crippen molar-refractivity contribution in [2.45, 2.75) is 26.3 Å². The third-order valence-corrected chi connectivity index (χ3v) is 2.62. The Labute approximate surface area is 80.8 Å². The monoisotopic (exact) mass is 193 g/mol. The second-order valence-electron chi connectivity index (χ2n) is 3.55. The van der Waals surface area contributed by atoms with Gasteiger partial charge in [0, 0.05) is 18.3 Å². The van der Waals surface area contributed by atoms with E-state index in [2.05, 4.69) is 0 Å². The number of rotatable bonds is 1.